The molecule has 0 aliphatic heterocycles. The van der Waals surface area contributed by atoms with Crippen LogP contribution in [0.25, 0.3) is 0 Å². The fourth-order valence-corrected chi connectivity index (χ4v) is 2.23. The third kappa shape index (κ3) is 4.60. The molecule has 3 N–H and O–H groups in total. The van der Waals surface area contributed by atoms with Crippen molar-refractivity contribution >= 4 is 17.3 Å². The molecule has 0 aliphatic rings. The Morgan fingerprint density at radius 3 is 2.32 bits per heavy atom. The fourth-order valence-electron chi connectivity index (χ4n) is 2.23. The number of nitrogens with zero attached hydrogens (tertiary/aromatic N) is 1. The van der Waals surface area contributed by atoms with E-state index in [1.807, 2.05) is 66.8 Å². The van der Waals surface area contributed by atoms with Gasteiger partial charge in [-0.2, -0.15) is 0 Å². The summed E-state index contributed by atoms with van der Waals surface area (Å²) in [4.78, 5) is 14.0. The molecule has 0 aromatic heterocycles. The predicted octanol–water partition coefficient (Wildman–Crippen LogP) is 2.02. The average Bonchev–Trinajstić information content (AvgIpc) is 2.54. The number of carbonyl (C=O) groups is 1. The average molecular weight is 298 g/mol. The maximum atomic E-state index is 12.0. The van der Waals surface area contributed by atoms with Gasteiger partial charge in [0.1, 0.15) is 6.04 Å². The minimum Gasteiger partial charge on any atom is -0.378 e. The fraction of sp³-hybridized carbons (Fsp3) is 0.278. The Morgan fingerprint density at radius 2 is 1.73 bits per heavy atom. The maximum absolute atomic E-state index is 12.0. The molecular weight excluding hydrogens is 274 g/mol. The zero-order valence-corrected chi connectivity index (χ0v) is 13.4. The molecule has 0 aliphatic carbocycles. The Morgan fingerprint density at radius 1 is 1.09 bits per heavy atom. The van der Waals surface area contributed by atoms with E-state index in [-0.39, 0.29) is 11.9 Å². The van der Waals surface area contributed by atoms with E-state index in [1.165, 1.54) is 5.56 Å². The van der Waals surface area contributed by atoms with E-state index in [1.54, 1.807) is 0 Å². The van der Waals surface area contributed by atoms with Gasteiger partial charge in [0.15, 0.2) is 6.54 Å². The normalized spacial score (nSPS) is 11.8. The smallest absolute Gasteiger partial charge is 0.279 e. The van der Waals surface area contributed by atoms with Crippen LogP contribution in [0.15, 0.2) is 54.6 Å². The molecule has 2 rings (SSSR count). The molecule has 0 heterocycles. The Labute approximate surface area is 132 Å². The standard InChI is InChI=1S/C18H23N3O/c1-14(15-7-5-4-6-8-15)19-13-18(22)20-16-9-11-17(12-10-16)21(2)3/h4-12,14,19H,13H2,1-3H3,(H,20,22)/p+1/t14-/m0/s1. The summed E-state index contributed by atoms with van der Waals surface area (Å²) in [5.41, 5.74) is 3.17. The summed E-state index contributed by atoms with van der Waals surface area (Å²) in [5, 5.41) is 4.97. The van der Waals surface area contributed by atoms with Gasteiger partial charge in [0.25, 0.3) is 5.91 Å². The van der Waals surface area contributed by atoms with E-state index in [0.29, 0.717) is 6.54 Å². The van der Waals surface area contributed by atoms with E-state index in [4.69, 9.17) is 0 Å². The van der Waals surface area contributed by atoms with Gasteiger partial charge >= 0.3 is 0 Å². The van der Waals surface area contributed by atoms with Crippen LogP contribution >= 0.6 is 0 Å². The molecule has 0 saturated carbocycles. The summed E-state index contributed by atoms with van der Waals surface area (Å²) in [6, 6.07) is 18.3. The molecule has 116 valence electrons. The molecule has 2 aromatic carbocycles. The van der Waals surface area contributed by atoms with Gasteiger partial charge in [-0.05, 0) is 31.2 Å². The summed E-state index contributed by atoms with van der Waals surface area (Å²) in [7, 11) is 3.99. The molecule has 22 heavy (non-hydrogen) atoms. The molecule has 0 fully saturated rings. The Kier molecular flexibility index (Phi) is 5.55. The van der Waals surface area contributed by atoms with Crippen molar-refractivity contribution in [3.8, 4) is 0 Å². The van der Waals surface area contributed by atoms with Gasteiger partial charge in [0, 0.05) is 31.0 Å². The second-order valence-corrected chi connectivity index (χ2v) is 5.63. The first-order valence-corrected chi connectivity index (χ1v) is 7.52. The number of anilines is 2. The van der Waals surface area contributed by atoms with E-state index >= 15 is 0 Å². The number of hydrogen-bond acceptors (Lipinski definition) is 2. The van der Waals surface area contributed by atoms with Gasteiger partial charge in [0.05, 0.1) is 0 Å². The van der Waals surface area contributed by atoms with Gasteiger partial charge in [-0.15, -0.1) is 0 Å². The Balaban J connectivity index is 1.83. The van der Waals surface area contributed by atoms with Crippen LogP contribution in [0.2, 0.25) is 0 Å². The van der Waals surface area contributed by atoms with Crippen LogP contribution < -0.4 is 15.5 Å². The van der Waals surface area contributed by atoms with Gasteiger partial charge in [-0.25, -0.2) is 0 Å². The predicted molar refractivity (Wildman–Crippen MR) is 91.0 cm³/mol. The quantitative estimate of drug-likeness (QED) is 0.857. The van der Waals surface area contributed by atoms with Crippen LogP contribution in [-0.4, -0.2) is 26.5 Å². The molecule has 0 unspecified atom stereocenters. The number of amides is 1. The highest BCUT2D eigenvalue weighted by molar-refractivity contribution is 5.91. The van der Waals surface area contributed by atoms with Crippen molar-refractivity contribution in [3.63, 3.8) is 0 Å². The van der Waals surface area contributed by atoms with Crippen molar-refractivity contribution in [3.05, 3.63) is 60.2 Å². The van der Waals surface area contributed by atoms with Crippen LogP contribution in [0, 0.1) is 0 Å². The summed E-state index contributed by atoms with van der Waals surface area (Å²) >= 11 is 0. The molecule has 1 atom stereocenters. The van der Waals surface area contributed by atoms with Crippen molar-refractivity contribution in [2.24, 2.45) is 0 Å². The second-order valence-electron chi connectivity index (χ2n) is 5.63. The summed E-state index contributed by atoms with van der Waals surface area (Å²) in [5.74, 6) is 0.0142. The largest absolute Gasteiger partial charge is 0.378 e. The van der Waals surface area contributed by atoms with Crippen LogP contribution in [0.3, 0.4) is 0 Å². The molecule has 4 nitrogen and oxygen atoms in total. The zero-order chi connectivity index (χ0) is 15.9. The summed E-state index contributed by atoms with van der Waals surface area (Å²) < 4.78 is 0. The first kappa shape index (κ1) is 16.0. The highest BCUT2D eigenvalue weighted by atomic mass is 16.1. The van der Waals surface area contributed by atoms with Crippen molar-refractivity contribution < 1.29 is 10.1 Å². The highest BCUT2D eigenvalue weighted by Gasteiger charge is 2.11. The Bertz CT molecular complexity index is 593. The van der Waals surface area contributed by atoms with Crippen molar-refractivity contribution in [1.29, 1.82) is 0 Å². The van der Waals surface area contributed by atoms with E-state index in [0.717, 1.165) is 11.4 Å². The lowest BCUT2D eigenvalue weighted by molar-refractivity contribution is -0.682. The third-order valence-corrected chi connectivity index (χ3v) is 3.65. The van der Waals surface area contributed by atoms with Gasteiger partial charge in [-0.1, -0.05) is 30.3 Å². The first-order chi connectivity index (χ1) is 10.6. The zero-order valence-electron chi connectivity index (χ0n) is 13.4. The molecule has 2 aromatic rings. The van der Waals surface area contributed by atoms with Crippen molar-refractivity contribution in [1.82, 2.24) is 0 Å². The number of nitrogens with one attached hydrogen (secondary N) is 1. The van der Waals surface area contributed by atoms with Crippen LogP contribution in [0.1, 0.15) is 18.5 Å². The lowest BCUT2D eigenvalue weighted by atomic mass is 10.1. The van der Waals surface area contributed by atoms with Gasteiger partial charge in [0.2, 0.25) is 0 Å². The molecular formula is C18H24N3O+. The lowest BCUT2D eigenvalue weighted by Gasteiger charge is -2.13. The van der Waals surface area contributed by atoms with E-state index in [9.17, 15) is 4.79 Å². The number of nitrogens with two attached hydrogens (primary N) is 1. The minimum atomic E-state index is 0.0142. The maximum Gasteiger partial charge on any atom is 0.279 e. The number of carbonyl (C=O) groups excluding carboxylic acids is 1. The molecule has 0 saturated heterocycles. The number of benzene rings is 2. The molecule has 0 spiro atoms. The van der Waals surface area contributed by atoms with Crippen LogP contribution in [0.4, 0.5) is 11.4 Å². The summed E-state index contributed by atoms with van der Waals surface area (Å²) in [6.07, 6.45) is 0. The molecule has 1 amide bonds. The van der Waals surface area contributed by atoms with E-state index < -0.39 is 0 Å². The lowest BCUT2D eigenvalue weighted by Crippen LogP contribution is -2.86. The Hall–Kier alpha value is -2.33. The number of quaternary nitrogens is 1. The number of rotatable bonds is 6. The summed E-state index contributed by atoms with van der Waals surface area (Å²) in [6.45, 7) is 2.51. The van der Waals surface area contributed by atoms with Crippen LogP contribution in [-0.2, 0) is 4.79 Å². The first-order valence-electron chi connectivity index (χ1n) is 7.52. The molecule has 0 bridgehead atoms. The molecule has 4 heteroatoms. The van der Waals surface area contributed by atoms with Crippen LogP contribution in [0.5, 0.6) is 0 Å². The monoisotopic (exact) mass is 298 g/mol. The minimum absolute atomic E-state index is 0.0142. The molecule has 0 radical (unpaired) electrons. The third-order valence-electron chi connectivity index (χ3n) is 3.65. The van der Waals surface area contributed by atoms with Crippen molar-refractivity contribution in [2.45, 2.75) is 13.0 Å². The van der Waals surface area contributed by atoms with Gasteiger partial charge < -0.3 is 15.5 Å². The van der Waals surface area contributed by atoms with E-state index in [2.05, 4.69) is 24.4 Å². The highest BCUT2D eigenvalue weighted by Crippen LogP contribution is 2.15. The second kappa shape index (κ2) is 7.61. The van der Waals surface area contributed by atoms with Gasteiger partial charge in [-0.3, -0.25) is 4.79 Å². The topological polar surface area (TPSA) is 49.0 Å². The SMILES string of the molecule is C[C@H]([NH2+]CC(=O)Nc1ccc(N(C)C)cc1)c1ccccc1. The number of hydrogen-bond donors (Lipinski definition) is 2. The van der Waals surface area contributed by atoms with Crippen molar-refractivity contribution in [2.75, 3.05) is 30.9 Å².